The Hall–Kier alpha value is -2.56. The van der Waals surface area contributed by atoms with Crippen LogP contribution in [0.4, 0.5) is 18.9 Å². The van der Waals surface area contributed by atoms with Crippen LogP contribution < -0.4 is 5.32 Å². The van der Waals surface area contributed by atoms with Gasteiger partial charge in [-0.15, -0.1) is 0 Å². The van der Waals surface area contributed by atoms with Gasteiger partial charge >= 0.3 is 6.18 Å². The van der Waals surface area contributed by atoms with Crippen LogP contribution >= 0.6 is 11.6 Å². The molecular formula is C18H15ClF3N3O. The molecule has 0 bridgehead atoms. The number of halogens is 4. The quantitative estimate of drug-likeness (QED) is 0.840. The third kappa shape index (κ3) is 5.22. The number of likely N-dealkylation sites (N-methyl/N-ethyl adjacent to an activating group) is 1. The first kappa shape index (κ1) is 19.8. The minimum Gasteiger partial charge on any atom is -0.324 e. The SMILES string of the molecule is CN(CC(=O)Nc1cc(Cl)ccc1C#N)Cc1ccccc1C(F)(F)F. The van der Waals surface area contributed by atoms with Gasteiger partial charge in [0.25, 0.3) is 0 Å². The van der Waals surface area contributed by atoms with E-state index in [1.807, 2.05) is 6.07 Å². The zero-order chi connectivity index (χ0) is 19.3. The first-order chi connectivity index (χ1) is 12.2. The summed E-state index contributed by atoms with van der Waals surface area (Å²) in [5.74, 6) is -0.462. The average Bonchev–Trinajstić information content (AvgIpc) is 2.54. The zero-order valence-corrected chi connectivity index (χ0v) is 14.5. The Morgan fingerprint density at radius 1 is 1.27 bits per heavy atom. The maximum atomic E-state index is 13.0. The van der Waals surface area contributed by atoms with Gasteiger partial charge < -0.3 is 5.32 Å². The van der Waals surface area contributed by atoms with Gasteiger partial charge in [0.2, 0.25) is 5.91 Å². The average molecular weight is 382 g/mol. The number of hydrogen-bond acceptors (Lipinski definition) is 3. The highest BCUT2D eigenvalue weighted by Crippen LogP contribution is 2.32. The van der Waals surface area contributed by atoms with Crippen LogP contribution in [0.3, 0.4) is 0 Å². The lowest BCUT2D eigenvalue weighted by molar-refractivity contribution is -0.138. The molecule has 0 aliphatic carbocycles. The van der Waals surface area contributed by atoms with E-state index in [-0.39, 0.29) is 29.9 Å². The molecule has 0 aliphatic heterocycles. The van der Waals surface area contributed by atoms with Crippen molar-refractivity contribution in [1.29, 1.82) is 5.26 Å². The molecule has 0 spiro atoms. The molecule has 1 N–H and O–H groups in total. The molecule has 1 amide bonds. The zero-order valence-electron chi connectivity index (χ0n) is 13.8. The van der Waals surface area contributed by atoms with Crippen LogP contribution in [0.5, 0.6) is 0 Å². The van der Waals surface area contributed by atoms with Crippen molar-refractivity contribution < 1.29 is 18.0 Å². The summed E-state index contributed by atoms with van der Waals surface area (Å²) in [6.45, 7) is -0.201. The second kappa shape index (κ2) is 8.21. The van der Waals surface area contributed by atoms with E-state index in [0.717, 1.165) is 6.07 Å². The number of hydrogen-bond donors (Lipinski definition) is 1. The predicted octanol–water partition coefficient (Wildman–Crippen LogP) is 4.30. The third-order valence-corrected chi connectivity index (χ3v) is 3.79. The maximum Gasteiger partial charge on any atom is 0.416 e. The standard InChI is InChI=1S/C18H15ClF3N3O/c1-25(10-13-4-2-3-5-15(13)18(20,21)22)11-17(26)24-16-8-14(19)7-6-12(16)9-23/h2-8H,10-11H2,1H3,(H,24,26). The number of carbonyl (C=O) groups excluding carboxylic acids is 1. The molecule has 0 saturated heterocycles. The van der Waals surface area contributed by atoms with Gasteiger partial charge in [-0.3, -0.25) is 9.69 Å². The molecule has 0 fully saturated rings. The van der Waals surface area contributed by atoms with Gasteiger partial charge in [-0.05, 0) is 36.9 Å². The van der Waals surface area contributed by atoms with Crippen molar-refractivity contribution in [2.75, 3.05) is 18.9 Å². The monoisotopic (exact) mass is 381 g/mol. The lowest BCUT2D eigenvalue weighted by Gasteiger charge is -2.19. The summed E-state index contributed by atoms with van der Waals surface area (Å²) in [6, 6.07) is 11.6. The highest BCUT2D eigenvalue weighted by Gasteiger charge is 2.33. The molecule has 0 aromatic heterocycles. The van der Waals surface area contributed by atoms with Crippen LogP contribution in [-0.2, 0) is 17.5 Å². The second-order valence-corrected chi connectivity index (χ2v) is 6.11. The van der Waals surface area contributed by atoms with Gasteiger partial charge in [-0.1, -0.05) is 29.8 Å². The van der Waals surface area contributed by atoms with Gasteiger partial charge in [0.15, 0.2) is 0 Å². The molecule has 0 saturated carbocycles. The van der Waals surface area contributed by atoms with Crippen molar-refractivity contribution in [3.05, 3.63) is 64.2 Å². The Morgan fingerprint density at radius 2 is 1.96 bits per heavy atom. The van der Waals surface area contributed by atoms with Gasteiger partial charge in [-0.2, -0.15) is 18.4 Å². The number of alkyl halides is 3. The Balaban J connectivity index is 2.05. The van der Waals surface area contributed by atoms with Crippen molar-refractivity contribution in [3.63, 3.8) is 0 Å². The normalized spacial score (nSPS) is 11.3. The van der Waals surface area contributed by atoms with Gasteiger partial charge in [-0.25, -0.2) is 0 Å². The van der Waals surface area contributed by atoms with E-state index < -0.39 is 17.6 Å². The molecule has 26 heavy (non-hydrogen) atoms. The summed E-state index contributed by atoms with van der Waals surface area (Å²) in [5.41, 5.74) is -0.147. The maximum absolute atomic E-state index is 13.0. The first-order valence-electron chi connectivity index (χ1n) is 7.54. The molecule has 2 aromatic rings. The largest absolute Gasteiger partial charge is 0.416 e. The van der Waals surface area contributed by atoms with Crippen molar-refractivity contribution >= 4 is 23.2 Å². The molecular weight excluding hydrogens is 367 g/mol. The van der Waals surface area contributed by atoms with E-state index in [1.165, 1.54) is 48.3 Å². The molecule has 4 nitrogen and oxygen atoms in total. The summed E-state index contributed by atoms with van der Waals surface area (Å²) < 4.78 is 39.1. The highest BCUT2D eigenvalue weighted by atomic mass is 35.5. The number of nitriles is 1. The Bertz CT molecular complexity index is 846. The molecule has 0 radical (unpaired) electrons. The minimum atomic E-state index is -4.46. The van der Waals surface area contributed by atoms with Crippen molar-refractivity contribution in [3.8, 4) is 6.07 Å². The summed E-state index contributed by atoms with van der Waals surface area (Å²) in [4.78, 5) is 13.6. The molecule has 8 heteroatoms. The molecule has 136 valence electrons. The number of amides is 1. The molecule has 2 rings (SSSR count). The lowest BCUT2D eigenvalue weighted by Crippen LogP contribution is -2.30. The number of benzene rings is 2. The van der Waals surface area contributed by atoms with E-state index in [9.17, 15) is 18.0 Å². The van der Waals surface area contributed by atoms with Crippen LogP contribution in [0, 0.1) is 11.3 Å². The molecule has 0 atom stereocenters. The third-order valence-electron chi connectivity index (χ3n) is 3.55. The van der Waals surface area contributed by atoms with E-state index in [2.05, 4.69) is 5.32 Å². The van der Waals surface area contributed by atoms with E-state index >= 15 is 0 Å². The van der Waals surface area contributed by atoms with E-state index in [4.69, 9.17) is 16.9 Å². The Labute approximate surface area is 153 Å². The van der Waals surface area contributed by atoms with Crippen LogP contribution in [0.2, 0.25) is 5.02 Å². The predicted molar refractivity (Wildman–Crippen MR) is 92.6 cm³/mol. The number of rotatable bonds is 5. The summed E-state index contributed by atoms with van der Waals surface area (Å²) >= 11 is 5.85. The highest BCUT2D eigenvalue weighted by molar-refractivity contribution is 6.31. The topological polar surface area (TPSA) is 56.1 Å². The first-order valence-corrected chi connectivity index (χ1v) is 7.91. The van der Waals surface area contributed by atoms with Crippen LogP contribution in [-0.4, -0.2) is 24.4 Å². The van der Waals surface area contributed by atoms with Gasteiger partial charge in [0.1, 0.15) is 6.07 Å². The molecule has 0 unspecified atom stereocenters. The number of nitrogens with zero attached hydrogens (tertiary/aromatic N) is 2. The number of anilines is 1. The van der Waals surface area contributed by atoms with Crippen LogP contribution in [0.25, 0.3) is 0 Å². The van der Waals surface area contributed by atoms with Crippen LogP contribution in [0.15, 0.2) is 42.5 Å². The van der Waals surface area contributed by atoms with Crippen molar-refractivity contribution in [2.24, 2.45) is 0 Å². The lowest BCUT2D eigenvalue weighted by atomic mass is 10.1. The summed E-state index contributed by atoms with van der Waals surface area (Å²) in [5, 5.41) is 12.0. The Kier molecular flexibility index (Phi) is 6.24. The summed E-state index contributed by atoms with van der Waals surface area (Å²) in [7, 11) is 1.54. The van der Waals surface area contributed by atoms with Crippen molar-refractivity contribution in [1.82, 2.24) is 4.90 Å². The van der Waals surface area contributed by atoms with Gasteiger partial charge in [0.05, 0.1) is 23.4 Å². The van der Waals surface area contributed by atoms with Gasteiger partial charge in [0, 0.05) is 11.6 Å². The molecule has 0 heterocycles. The fraction of sp³-hybridized carbons (Fsp3) is 0.222. The fourth-order valence-electron chi connectivity index (χ4n) is 2.43. The van der Waals surface area contributed by atoms with Crippen LogP contribution in [0.1, 0.15) is 16.7 Å². The number of carbonyl (C=O) groups is 1. The summed E-state index contributed by atoms with van der Waals surface area (Å²) in [6.07, 6.45) is -4.46. The fourth-order valence-corrected chi connectivity index (χ4v) is 2.61. The molecule has 2 aromatic carbocycles. The Morgan fingerprint density at radius 3 is 2.62 bits per heavy atom. The smallest absolute Gasteiger partial charge is 0.324 e. The number of nitrogens with one attached hydrogen (secondary N) is 1. The molecule has 0 aliphatic rings. The minimum absolute atomic E-state index is 0.0518. The van der Waals surface area contributed by atoms with E-state index in [1.54, 1.807) is 0 Å². The van der Waals surface area contributed by atoms with E-state index in [0.29, 0.717) is 5.02 Å². The van der Waals surface area contributed by atoms with Crippen molar-refractivity contribution in [2.45, 2.75) is 12.7 Å². The second-order valence-electron chi connectivity index (χ2n) is 5.68.